The topological polar surface area (TPSA) is 97.6 Å². The smallest absolute Gasteiger partial charge is 0.305 e. The van der Waals surface area contributed by atoms with Gasteiger partial charge in [0, 0.05) is 47.2 Å². The lowest BCUT2D eigenvalue weighted by molar-refractivity contribution is -0.143. The van der Waals surface area contributed by atoms with Crippen molar-refractivity contribution in [1.82, 2.24) is 0 Å². The molecule has 0 aliphatic carbocycles. The van der Waals surface area contributed by atoms with E-state index in [1.165, 1.54) is 12.1 Å². The molecule has 2 N–H and O–H groups in total. The third kappa shape index (κ3) is 7.98. The molecule has 1 aromatic heterocycles. The predicted octanol–water partition coefficient (Wildman–Crippen LogP) is 7.82. The molecule has 0 fully saturated rings. The summed E-state index contributed by atoms with van der Waals surface area (Å²) >= 11 is 0. The number of rotatable bonds is 13. The molecule has 1 amide bonds. The Hall–Kier alpha value is -5.24. The molecule has 8 heteroatoms. The predicted molar refractivity (Wildman–Crippen MR) is 169 cm³/mol. The summed E-state index contributed by atoms with van der Waals surface area (Å²) in [5.74, 6) is -0.277. The van der Waals surface area contributed by atoms with Gasteiger partial charge >= 0.3 is 5.97 Å². The quantitative estimate of drug-likeness (QED) is 0.107. The molecular weight excluding hydrogens is 559 g/mol. The lowest BCUT2D eigenvalue weighted by Crippen LogP contribution is -2.36. The maximum absolute atomic E-state index is 13.5. The van der Waals surface area contributed by atoms with Crippen LogP contribution in [0.5, 0.6) is 0 Å². The van der Waals surface area contributed by atoms with Crippen molar-refractivity contribution in [1.29, 1.82) is 0 Å². The molecule has 0 aliphatic heterocycles. The van der Waals surface area contributed by atoms with Crippen LogP contribution in [0.25, 0.3) is 22.3 Å². The molecule has 224 valence electrons. The number of ether oxygens (including phenoxy) is 1. The molecule has 7 nitrogen and oxygen atoms in total. The Morgan fingerprint density at radius 1 is 0.841 bits per heavy atom. The van der Waals surface area contributed by atoms with E-state index in [4.69, 9.17) is 9.15 Å². The highest BCUT2D eigenvalue weighted by atomic mass is 19.1. The van der Waals surface area contributed by atoms with Gasteiger partial charge < -0.3 is 19.8 Å². The van der Waals surface area contributed by atoms with Gasteiger partial charge in [-0.15, -0.1) is 0 Å². The largest absolute Gasteiger partial charge is 0.466 e. The molecule has 0 unspecified atom stereocenters. The molecule has 1 heterocycles. The Labute approximate surface area is 255 Å². The first-order valence-corrected chi connectivity index (χ1v) is 14.6. The van der Waals surface area contributed by atoms with E-state index < -0.39 is 6.04 Å². The van der Waals surface area contributed by atoms with Crippen LogP contribution < -0.4 is 10.6 Å². The number of para-hydroxylation sites is 1. The molecule has 0 bridgehead atoms. The first-order chi connectivity index (χ1) is 21.4. The summed E-state index contributed by atoms with van der Waals surface area (Å²) < 4.78 is 24.4. The molecule has 1 atom stereocenters. The summed E-state index contributed by atoms with van der Waals surface area (Å²) in [7, 11) is 0. The summed E-state index contributed by atoms with van der Waals surface area (Å²) in [6, 6.07) is 29.4. The van der Waals surface area contributed by atoms with Crippen LogP contribution in [0.3, 0.4) is 0 Å². The van der Waals surface area contributed by atoms with E-state index >= 15 is 0 Å². The maximum atomic E-state index is 13.5. The van der Waals surface area contributed by atoms with Gasteiger partial charge in [0.25, 0.3) is 0 Å². The monoisotopic (exact) mass is 592 g/mol. The van der Waals surface area contributed by atoms with Crippen LogP contribution in [-0.2, 0) is 20.7 Å². The van der Waals surface area contributed by atoms with E-state index in [0.717, 1.165) is 27.9 Å². The van der Waals surface area contributed by atoms with E-state index in [0.29, 0.717) is 36.4 Å². The number of halogens is 1. The van der Waals surface area contributed by atoms with E-state index in [1.54, 1.807) is 43.3 Å². The average molecular weight is 593 g/mol. The fraction of sp³-hybridized carbons (Fsp3) is 0.194. The molecule has 5 aromatic rings. The SMILES string of the molecule is CCOC(=O)CCCC(=O)c1ccc(N[C@@H](Cc2ccc(F)cc2)C(=O)Nc2ccc(-c3cc4ccccc4o3)cc2)cc1. The Morgan fingerprint density at radius 3 is 2.25 bits per heavy atom. The normalized spacial score (nSPS) is 11.6. The molecule has 4 aromatic carbocycles. The van der Waals surface area contributed by atoms with Gasteiger partial charge in [-0.3, -0.25) is 14.4 Å². The van der Waals surface area contributed by atoms with Crippen LogP contribution >= 0.6 is 0 Å². The number of Topliss-reactive ketones (excluding diaryl/α,β-unsaturated/α-hetero) is 1. The number of benzene rings is 4. The number of furan rings is 1. The molecule has 0 radical (unpaired) electrons. The van der Waals surface area contributed by atoms with Gasteiger partial charge in [-0.1, -0.05) is 30.3 Å². The number of carbonyl (C=O) groups excluding carboxylic acids is 3. The fourth-order valence-corrected chi connectivity index (χ4v) is 4.86. The van der Waals surface area contributed by atoms with Crippen molar-refractivity contribution in [3.63, 3.8) is 0 Å². The van der Waals surface area contributed by atoms with Gasteiger partial charge in [0.2, 0.25) is 5.91 Å². The van der Waals surface area contributed by atoms with Gasteiger partial charge in [-0.2, -0.15) is 0 Å². The zero-order valence-electron chi connectivity index (χ0n) is 24.3. The number of amides is 1. The number of hydrogen-bond acceptors (Lipinski definition) is 6. The Bertz CT molecular complexity index is 1690. The second kappa shape index (κ2) is 14.3. The van der Waals surface area contributed by atoms with E-state index in [-0.39, 0.29) is 36.3 Å². The van der Waals surface area contributed by atoms with E-state index in [2.05, 4.69) is 10.6 Å². The minimum atomic E-state index is -0.693. The number of anilines is 2. The van der Waals surface area contributed by atoms with Crippen LogP contribution in [0.4, 0.5) is 15.8 Å². The van der Waals surface area contributed by atoms with Gasteiger partial charge in [0.05, 0.1) is 6.61 Å². The van der Waals surface area contributed by atoms with Crippen LogP contribution in [0.2, 0.25) is 0 Å². The van der Waals surface area contributed by atoms with Gasteiger partial charge in [0.1, 0.15) is 23.2 Å². The van der Waals surface area contributed by atoms with Crippen molar-refractivity contribution >= 4 is 40.0 Å². The Morgan fingerprint density at radius 2 is 1.55 bits per heavy atom. The lowest BCUT2D eigenvalue weighted by Gasteiger charge is -2.20. The number of nitrogens with one attached hydrogen (secondary N) is 2. The Kier molecular flexibility index (Phi) is 9.81. The third-order valence-electron chi connectivity index (χ3n) is 7.17. The zero-order valence-corrected chi connectivity index (χ0v) is 24.3. The fourth-order valence-electron chi connectivity index (χ4n) is 4.86. The molecular formula is C36H33FN2O5. The van der Waals surface area contributed by atoms with Gasteiger partial charge in [0.15, 0.2) is 5.78 Å². The van der Waals surface area contributed by atoms with Crippen LogP contribution in [-0.4, -0.2) is 30.3 Å². The van der Waals surface area contributed by atoms with Crippen molar-refractivity contribution in [2.24, 2.45) is 0 Å². The minimum Gasteiger partial charge on any atom is -0.466 e. The van der Waals surface area contributed by atoms with Crippen molar-refractivity contribution < 1.29 is 27.9 Å². The number of hydrogen-bond donors (Lipinski definition) is 2. The molecule has 5 rings (SSSR count). The summed E-state index contributed by atoms with van der Waals surface area (Å²) in [6.07, 6.45) is 1.15. The summed E-state index contributed by atoms with van der Waals surface area (Å²) in [5, 5.41) is 7.25. The summed E-state index contributed by atoms with van der Waals surface area (Å²) in [4.78, 5) is 37.6. The average Bonchev–Trinajstić information content (AvgIpc) is 3.47. The first-order valence-electron chi connectivity index (χ1n) is 14.6. The highest BCUT2D eigenvalue weighted by Crippen LogP contribution is 2.28. The highest BCUT2D eigenvalue weighted by molar-refractivity contribution is 5.98. The van der Waals surface area contributed by atoms with Crippen molar-refractivity contribution in [3.05, 3.63) is 120 Å². The standard InChI is InChI=1S/C36H33FN2O5/c1-2-43-35(41)9-5-7-32(40)25-12-18-29(19-13-25)38-31(22-24-10-16-28(37)17-11-24)36(42)39-30-20-14-26(15-21-30)34-23-27-6-3-4-8-33(27)44-34/h3-4,6,8,10-21,23,31,38H,2,5,7,9,22H2,1H3,(H,39,42)/t31-/m0/s1. The highest BCUT2D eigenvalue weighted by Gasteiger charge is 2.20. The third-order valence-corrected chi connectivity index (χ3v) is 7.17. The van der Waals surface area contributed by atoms with E-state index in [1.807, 2.05) is 54.6 Å². The van der Waals surface area contributed by atoms with Crippen molar-refractivity contribution in [3.8, 4) is 11.3 Å². The van der Waals surface area contributed by atoms with Crippen LogP contribution in [0.1, 0.15) is 42.1 Å². The number of esters is 1. The number of carbonyl (C=O) groups is 3. The molecule has 0 saturated carbocycles. The first kappa shape index (κ1) is 30.2. The van der Waals surface area contributed by atoms with Gasteiger partial charge in [-0.25, -0.2) is 4.39 Å². The maximum Gasteiger partial charge on any atom is 0.305 e. The van der Waals surface area contributed by atoms with Crippen LogP contribution in [0, 0.1) is 5.82 Å². The Balaban J connectivity index is 1.25. The lowest BCUT2D eigenvalue weighted by atomic mass is 10.0. The second-order valence-electron chi connectivity index (χ2n) is 10.4. The number of ketones is 1. The minimum absolute atomic E-state index is 0.0763. The second-order valence-corrected chi connectivity index (χ2v) is 10.4. The molecule has 0 saturated heterocycles. The van der Waals surface area contributed by atoms with Crippen LogP contribution in [0.15, 0.2) is 108 Å². The molecule has 44 heavy (non-hydrogen) atoms. The van der Waals surface area contributed by atoms with Crippen molar-refractivity contribution in [2.45, 2.75) is 38.6 Å². The van der Waals surface area contributed by atoms with Crippen molar-refractivity contribution in [2.75, 3.05) is 17.2 Å². The molecule has 0 aliphatic rings. The summed E-state index contributed by atoms with van der Waals surface area (Å²) in [5.41, 5.74) is 4.26. The zero-order chi connectivity index (χ0) is 30.9. The van der Waals surface area contributed by atoms with E-state index in [9.17, 15) is 18.8 Å². The number of fused-ring (bicyclic) bond motifs is 1. The summed E-state index contributed by atoms with van der Waals surface area (Å²) in [6.45, 7) is 2.06. The van der Waals surface area contributed by atoms with Gasteiger partial charge in [-0.05, 0) is 91.7 Å². The molecule has 0 spiro atoms.